The van der Waals surface area contributed by atoms with Crippen LogP contribution >= 0.6 is 0 Å². The molecule has 1 aromatic heterocycles. The van der Waals surface area contributed by atoms with Crippen molar-refractivity contribution in [1.82, 2.24) is 4.98 Å². The summed E-state index contributed by atoms with van der Waals surface area (Å²) in [6, 6.07) is 9.31. The number of rotatable bonds is 9. The molecular weight excluding hydrogens is 352 g/mol. The lowest BCUT2D eigenvalue weighted by atomic mass is 10.1. The molecule has 2 aromatic rings. The molecule has 2 N–H and O–H groups in total. The van der Waals surface area contributed by atoms with Gasteiger partial charge < -0.3 is 10.4 Å². The second-order valence-electron chi connectivity index (χ2n) is 5.73. The molecule has 0 fully saturated rings. The van der Waals surface area contributed by atoms with E-state index in [9.17, 15) is 19.7 Å². The van der Waals surface area contributed by atoms with Crippen molar-refractivity contribution in [3.05, 3.63) is 58.3 Å². The molecule has 1 amide bonds. The van der Waals surface area contributed by atoms with Crippen molar-refractivity contribution < 1.29 is 19.6 Å². The molecular formula is C18H20N4O5. The van der Waals surface area contributed by atoms with Crippen LogP contribution in [0.5, 0.6) is 0 Å². The van der Waals surface area contributed by atoms with Gasteiger partial charge in [-0.15, -0.1) is 0 Å². The number of carboxylic acid groups (broad SMARTS) is 1. The Hall–Kier alpha value is -3.49. The van der Waals surface area contributed by atoms with E-state index >= 15 is 0 Å². The summed E-state index contributed by atoms with van der Waals surface area (Å²) in [4.78, 5) is 39.9. The van der Waals surface area contributed by atoms with Crippen molar-refractivity contribution >= 4 is 29.1 Å². The molecule has 0 bridgehead atoms. The fourth-order valence-corrected chi connectivity index (χ4v) is 2.56. The van der Waals surface area contributed by atoms with Gasteiger partial charge in [-0.25, -0.2) is 4.98 Å². The van der Waals surface area contributed by atoms with Gasteiger partial charge in [0.25, 0.3) is 11.6 Å². The van der Waals surface area contributed by atoms with E-state index in [0.717, 1.165) is 0 Å². The van der Waals surface area contributed by atoms with Gasteiger partial charge in [-0.2, -0.15) is 0 Å². The Morgan fingerprint density at radius 3 is 2.63 bits per heavy atom. The van der Waals surface area contributed by atoms with Gasteiger partial charge in [-0.3, -0.25) is 24.6 Å². The molecule has 0 spiro atoms. The predicted molar refractivity (Wildman–Crippen MR) is 100 cm³/mol. The molecule has 0 radical (unpaired) electrons. The van der Waals surface area contributed by atoms with Crippen molar-refractivity contribution in [3.8, 4) is 0 Å². The third kappa shape index (κ3) is 5.24. The fourth-order valence-electron chi connectivity index (χ4n) is 2.56. The highest BCUT2D eigenvalue weighted by Gasteiger charge is 2.22. The third-order valence-corrected chi connectivity index (χ3v) is 3.90. The summed E-state index contributed by atoms with van der Waals surface area (Å²) >= 11 is 0. The van der Waals surface area contributed by atoms with Gasteiger partial charge in [0.05, 0.1) is 4.92 Å². The fraction of sp³-hybridized carbons (Fsp3) is 0.278. The second kappa shape index (κ2) is 9.27. The Morgan fingerprint density at radius 1 is 1.26 bits per heavy atom. The first-order valence-corrected chi connectivity index (χ1v) is 8.35. The minimum absolute atomic E-state index is 0.00653. The summed E-state index contributed by atoms with van der Waals surface area (Å²) in [5, 5.41) is 22.7. The number of unbranched alkanes of at least 4 members (excludes halogenated alkanes) is 1. The molecule has 9 nitrogen and oxygen atoms in total. The largest absolute Gasteiger partial charge is 0.481 e. The summed E-state index contributed by atoms with van der Waals surface area (Å²) in [6.45, 7) is 0.255. The topological polar surface area (TPSA) is 126 Å². The molecule has 0 atom stereocenters. The zero-order valence-corrected chi connectivity index (χ0v) is 14.8. The molecule has 0 saturated heterocycles. The van der Waals surface area contributed by atoms with Crippen LogP contribution in [0.2, 0.25) is 0 Å². The summed E-state index contributed by atoms with van der Waals surface area (Å²) in [5.41, 5.74) is 0.266. The quantitative estimate of drug-likeness (QED) is 0.394. The number of nitro benzene ring substituents is 1. The number of hydrogen-bond donors (Lipinski definition) is 2. The van der Waals surface area contributed by atoms with E-state index in [1.165, 1.54) is 23.1 Å². The van der Waals surface area contributed by atoms with Crippen LogP contribution in [-0.4, -0.2) is 40.5 Å². The highest BCUT2D eigenvalue weighted by atomic mass is 16.6. The van der Waals surface area contributed by atoms with Crippen LogP contribution in [0.1, 0.15) is 29.6 Å². The Balaban J connectivity index is 2.29. The molecule has 0 aliphatic carbocycles. The molecule has 0 unspecified atom stereocenters. The van der Waals surface area contributed by atoms with Gasteiger partial charge in [0.15, 0.2) is 0 Å². The number of anilines is 2. The molecule has 27 heavy (non-hydrogen) atoms. The van der Waals surface area contributed by atoms with Crippen LogP contribution in [-0.2, 0) is 4.79 Å². The third-order valence-electron chi connectivity index (χ3n) is 3.90. The standard InChI is InChI=1S/C18H20N4O5/c1-19-14-9-8-13(12-15(14)22(26)27)18(25)21(11-5-3-7-17(23)24)16-6-2-4-10-20-16/h2,4,6,8-10,12,19H,3,5,7,11H2,1H3,(H,23,24). The van der Waals surface area contributed by atoms with Gasteiger partial charge in [-0.05, 0) is 37.1 Å². The van der Waals surface area contributed by atoms with E-state index in [4.69, 9.17) is 5.11 Å². The monoisotopic (exact) mass is 372 g/mol. The van der Waals surface area contributed by atoms with E-state index in [1.807, 2.05) is 0 Å². The number of carbonyl (C=O) groups excluding carboxylic acids is 1. The first-order valence-electron chi connectivity index (χ1n) is 8.35. The maximum absolute atomic E-state index is 13.0. The minimum Gasteiger partial charge on any atom is -0.481 e. The lowest BCUT2D eigenvalue weighted by Gasteiger charge is -2.22. The maximum Gasteiger partial charge on any atom is 0.303 e. The highest BCUT2D eigenvalue weighted by molar-refractivity contribution is 6.06. The number of hydrogen-bond acceptors (Lipinski definition) is 6. The van der Waals surface area contributed by atoms with Crippen LogP contribution in [0.3, 0.4) is 0 Å². The van der Waals surface area contributed by atoms with Crippen molar-refractivity contribution in [1.29, 1.82) is 0 Å². The first-order chi connectivity index (χ1) is 12.9. The van der Waals surface area contributed by atoms with Crippen LogP contribution in [0.15, 0.2) is 42.6 Å². The summed E-state index contributed by atoms with van der Waals surface area (Å²) in [5.74, 6) is -0.933. The SMILES string of the molecule is CNc1ccc(C(=O)N(CCCCC(=O)O)c2ccccn2)cc1[N+](=O)[O-]. The van der Waals surface area contributed by atoms with E-state index in [-0.39, 0.29) is 24.2 Å². The molecule has 9 heteroatoms. The number of aliphatic carboxylic acids is 1. The molecule has 1 heterocycles. The average molecular weight is 372 g/mol. The number of pyridine rings is 1. The van der Waals surface area contributed by atoms with Crippen molar-refractivity contribution in [2.24, 2.45) is 0 Å². The zero-order chi connectivity index (χ0) is 19.8. The highest BCUT2D eigenvalue weighted by Crippen LogP contribution is 2.26. The number of nitrogens with one attached hydrogen (secondary N) is 1. The smallest absolute Gasteiger partial charge is 0.303 e. The van der Waals surface area contributed by atoms with Crippen LogP contribution in [0, 0.1) is 10.1 Å². The Kier molecular flexibility index (Phi) is 6.81. The summed E-state index contributed by atoms with van der Waals surface area (Å²) in [7, 11) is 1.56. The molecule has 0 aliphatic rings. The lowest BCUT2D eigenvalue weighted by Crippen LogP contribution is -2.32. The van der Waals surface area contributed by atoms with Gasteiger partial charge >= 0.3 is 5.97 Å². The van der Waals surface area contributed by atoms with Gasteiger partial charge in [0, 0.05) is 37.8 Å². The van der Waals surface area contributed by atoms with Gasteiger partial charge in [0.1, 0.15) is 11.5 Å². The number of carbonyl (C=O) groups is 2. The zero-order valence-electron chi connectivity index (χ0n) is 14.8. The van der Waals surface area contributed by atoms with E-state index in [0.29, 0.717) is 24.3 Å². The first kappa shape index (κ1) is 19.8. The number of benzene rings is 1. The van der Waals surface area contributed by atoms with Crippen molar-refractivity contribution in [2.45, 2.75) is 19.3 Å². The Bertz CT molecular complexity index is 826. The molecule has 0 saturated carbocycles. The van der Waals surface area contributed by atoms with Crippen LogP contribution < -0.4 is 10.2 Å². The van der Waals surface area contributed by atoms with E-state index < -0.39 is 16.8 Å². The number of carboxylic acids is 1. The minimum atomic E-state index is -0.899. The van der Waals surface area contributed by atoms with Crippen molar-refractivity contribution in [3.63, 3.8) is 0 Å². The van der Waals surface area contributed by atoms with E-state index in [1.54, 1.807) is 31.4 Å². The van der Waals surface area contributed by atoms with Crippen molar-refractivity contribution in [2.75, 3.05) is 23.8 Å². The van der Waals surface area contributed by atoms with Crippen LogP contribution in [0.25, 0.3) is 0 Å². The van der Waals surface area contributed by atoms with Gasteiger partial charge in [-0.1, -0.05) is 6.07 Å². The lowest BCUT2D eigenvalue weighted by molar-refractivity contribution is -0.384. The predicted octanol–water partition coefficient (Wildman–Crippen LogP) is 2.93. The molecule has 142 valence electrons. The second-order valence-corrected chi connectivity index (χ2v) is 5.73. The number of nitro groups is 1. The molecule has 2 rings (SSSR count). The number of aromatic nitrogens is 1. The maximum atomic E-state index is 13.0. The number of nitrogens with zero attached hydrogens (tertiary/aromatic N) is 3. The Labute approximate surface area is 155 Å². The van der Waals surface area contributed by atoms with Gasteiger partial charge in [0.2, 0.25) is 0 Å². The normalized spacial score (nSPS) is 10.3. The van der Waals surface area contributed by atoms with Crippen LogP contribution in [0.4, 0.5) is 17.2 Å². The average Bonchev–Trinajstić information content (AvgIpc) is 2.67. The summed E-state index contributed by atoms with van der Waals surface area (Å²) in [6.07, 6.45) is 2.42. The molecule has 1 aromatic carbocycles. The number of amides is 1. The summed E-state index contributed by atoms with van der Waals surface area (Å²) < 4.78 is 0. The van der Waals surface area contributed by atoms with E-state index in [2.05, 4.69) is 10.3 Å². The Morgan fingerprint density at radius 2 is 2.04 bits per heavy atom. The molecule has 0 aliphatic heterocycles.